The molecule has 0 bridgehead atoms. The van der Waals surface area contributed by atoms with Crippen molar-refractivity contribution in [3.05, 3.63) is 48.1 Å². The number of rotatable bonds is 3. The van der Waals surface area contributed by atoms with Crippen molar-refractivity contribution < 1.29 is 8.78 Å². The van der Waals surface area contributed by atoms with E-state index in [9.17, 15) is 8.78 Å². The van der Waals surface area contributed by atoms with Crippen LogP contribution in [0.2, 0.25) is 0 Å². The molecule has 22 heavy (non-hydrogen) atoms. The molecule has 0 spiro atoms. The lowest BCUT2D eigenvalue weighted by atomic mass is 9.68. The lowest BCUT2D eigenvalue weighted by molar-refractivity contribution is 0.171. The lowest BCUT2D eigenvalue weighted by Gasteiger charge is -2.37. The highest BCUT2D eigenvalue weighted by atomic mass is 19.2. The fraction of sp³-hybridized carbons (Fsp3) is 0.600. The molecule has 2 fully saturated rings. The summed E-state index contributed by atoms with van der Waals surface area (Å²) in [4.78, 5) is 0. The van der Waals surface area contributed by atoms with Crippen LogP contribution in [0.4, 0.5) is 8.78 Å². The zero-order valence-corrected chi connectivity index (χ0v) is 13.2. The van der Waals surface area contributed by atoms with Gasteiger partial charge in [0.15, 0.2) is 11.6 Å². The van der Waals surface area contributed by atoms with Crippen LogP contribution in [0.1, 0.15) is 62.8 Å². The Morgan fingerprint density at radius 2 is 1.41 bits per heavy atom. The van der Waals surface area contributed by atoms with Gasteiger partial charge < -0.3 is 0 Å². The Balaban J connectivity index is 1.54. The summed E-state index contributed by atoms with van der Waals surface area (Å²) in [5.74, 6) is 1.42. The van der Waals surface area contributed by atoms with E-state index >= 15 is 0 Å². The largest absolute Gasteiger partial charge is 0.204 e. The molecule has 0 aliphatic heterocycles. The Bertz CT molecular complexity index is 506. The predicted molar refractivity (Wildman–Crippen MR) is 86.7 cm³/mol. The number of hydrogen-bond donors (Lipinski definition) is 0. The zero-order chi connectivity index (χ0) is 15.5. The van der Waals surface area contributed by atoms with Gasteiger partial charge in [0.05, 0.1) is 0 Å². The predicted octanol–water partition coefficient (Wildman–Crippen LogP) is 6.23. The fourth-order valence-corrected chi connectivity index (χ4v) is 4.54. The van der Waals surface area contributed by atoms with Gasteiger partial charge >= 0.3 is 0 Å². The number of allylic oxidation sites excluding steroid dienone is 1. The van der Waals surface area contributed by atoms with Crippen molar-refractivity contribution in [2.75, 3.05) is 0 Å². The van der Waals surface area contributed by atoms with Crippen LogP contribution in [0.5, 0.6) is 0 Å². The summed E-state index contributed by atoms with van der Waals surface area (Å²) >= 11 is 0. The highest BCUT2D eigenvalue weighted by molar-refractivity contribution is 5.22. The smallest absolute Gasteiger partial charge is 0.159 e. The van der Waals surface area contributed by atoms with Crippen molar-refractivity contribution >= 4 is 0 Å². The maximum Gasteiger partial charge on any atom is 0.159 e. The maximum absolute atomic E-state index is 13.4. The van der Waals surface area contributed by atoms with Crippen molar-refractivity contribution in [1.29, 1.82) is 0 Å². The van der Waals surface area contributed by atoms with Crippen LogP contribution < -0.4 is 0 Å². The SMILES string of the molecule is C=CC1CCC(C2CCC(c3ccc(F)c(F)c3)CC2)CC1. The number of halogens is 2. The van der Waals surface area contributed by atoms with E-state index in [-0.39, 0.29) is 0 Å². The van der Waals surface area contributed by atoms with Crippen LogP contribution in [-0.4, -0.2) is 0 Å². The molecule has 1 aromatic rings. The van der Waals surface area contributed by atoms with Gasteiger partial charge in [0.25, 0.3) is 0 Å². The van der Waals surface area contributed by atoms with Gasteiger partial charge in [0.1, 0.15) is 0 Å². The normalized spacial score (nSPS) is 32.6. The van der Waals surface area contributed by atoms with Gasteiger partial charge in [0, 0.05) is 0 Å². The molecule has 2 aliphatic rings. The Kier molecular flexibility index (Phi) is 4.95. The van der Waals surface area contributed by atoms with E-state index in [2.05, 4.69) is 12.7 Å². The minimum atomic E-state index is -0.739. The molecule has 0 aromatic heterocycles. The van der Waals surface area contributed by atoms with Crippen molar-refractivity contribution in [3.8, 4) is 0 Å². The maximum atomic E-state index is 13.4. The molecule has 1 aromatic carbocycles. The first-order chi connectivity index (χ1) is 10.7. The molecular weight excluding hydrogens is 278 g/mol. The van der Waals surface area contributed by atoms with Crippen molar-refractivity contribution in [1.82, 2.24) is 0 Å². The zero-order valence-electron chi connectivity index (χ0n) is 13.2. The van der Waals surface area contributed by atoms with E-state index < -0.39 is 11.6 Å². The van der Waals surface area contributed by atoms with Crippen LogP contribution >= 0.6 is 0 Å². The molecule has 0 nitrogen and oxygen atoms in total. The van der Waals surface area contributed by atoms with E-state index in [1.54, 1.807) is 6.07 Å². The first-order valence-corrected chi connectivity index (χ1v) is 8.75. The van der Waals surface area contributed by atoms with Gasteiger partial charge in [0.2, 0.25) is 0 Å². The van der Waals surface area contributed by atoms with Crippen LogP contribution in [0, 0.1) is 29.4 Å². The molecule has 2 heteroatoms. The summed E-state index contributed by atoms with van der Waals surface area (Å²) < 4.78 is 26.4. The van der Waals surface area contributed by atoms with E-state index in [1.165, 1.54) is 50.7 Å². The molecule has 0 N–H and O–H groups in total. The third-order valence-corrected chi connectivity index (χ3v) is 6.00. The van der Waals surface area contributed by atoms with Crippen LogP contribution in [-0.2, 0) is 0 Å². The quantitative estimate of drug-likeness (QED) is 0.580. The van der Waals surface area contributed by atoms with Gasteiger partial charge in [-0.15, -0.1) is 6.58 Å². The first kappa shape index (κ1) is 15.7. The summed E-state index contributed by atoms with van der Waals surface area (Å²) in [5.41, 5.74) is 0.979. The molecule has 0 saturated heterocycles. The molecule has 0 radical (unpaired) electrons. The minimum Gasteiger partial charge on any atom is -0.204 e. The summed E-state index contributed by atoms with van der Waals surface area (Å²) in [7, 11) is 0. The second kappa shape index (κ2) is 6.93. The molecule has 0 heterocycles. The van der Waals surface area contributed by atoms with Crippen LogP contribution in [0.25, 0.3) is 0 Å². The fourth-order valence-electron chi connectivity index (χ4n) is 4.54. The summed E-state index contributed by atoms with van der Waals surface area (Å²) in [6.07, 6.45) is 12.1. The standard InChI is InChI=1S/C20H26F2/c1-2-14-3-5-15(6-4-14)16-7-9-17(10-8-16)18-11-12-19(21)20(22)13-18/h2,11-17H,1,3-10H2. The molecule has 3 rings (SSSR count). The van der Waals surface area contributed by atoms with E-state index in [1.807, 2.05) is 0 Å². The Morgan fingerprint density at radius 3 is 1.95 bits per heavy atom. The Morgan fingerprint density at radius 1 is 0.818 bits per heavy atom. The molecule has 0 amide bonds. The minimum absolute atomic E-state index is 0.413. The average Bonchev–Trinajstić information content (AvgIpc) is 2.58. The van der Waals surface area contributed by atoms with E-state index in [0.717, 1.165) is 36.2 Å². The molecular formula is C20H26F2. The second-order valence-corrected chi connectivity index (χ2v) is 7.20. The number of benzene rings is 1. The summed E-state index contributed by atoms with van der Waals surface area (Å²) in [6, 6.07) is 4.43. The van der Waals surface area contributed by atoms with E-state index in [0.29, 0.717) is 5.92 Å². The molecule has 0 atom stereocenters. The third kappa shape index (κ3) is 3.42. The highest BCUT2D eigenvalue weighted by Gasteiger charge is 2.30. The second-order valence-electron chi connectivity index (χ2n) is 7.20. The van der Waals surface area contributed by atoms with Crippen molar-refractivity contribution in [2.45, 2.75) is 57.3 Å². The van der Waals surface area contributed by atoms with Crippen molar-refractivity contribution in [3.63, 3.8) is 0 Å². The summed E-state index contributed by atoms with van der Waals surface area (Å²) in [6.45, 7) is 3.92. The number of hydrogen-bond acceptors (Lipinski definition) is 0. The molecule has 120 valence electrons. The van der Waals surface area contributed by atoms with Crippen molar-refractivity contribution in [2.24, 2.45) is 17.8 Å². The Hall–Kier alpha value is -1.18. The van der Waals surface area contributed by atoms with Gasteiger partial charge in [-0.05, 0) is 92.7 Å². The highest BCUT2D eigenvalue weighted by Crippen LogP contribution is 2.44. The lowest BCUT2D eigenvalue weighted by Crippen LogP contribution is -2.25. The Labute approximate surface area is 132 Å². The molecule has 2 aliphatic carbocycles. The van der Waals surface area contributed by atoms with E-state index in [4.69, 9.17) is 0 Å². The summed E-state index contributed by atoms with van der Waals surface area (Å²) in [5, 5.41) is 0. The first-order valence-electron chi connectivity index (χ1n) is 8.75. The molecule has 0 unspecified atom stereocenters. The average molecular weight is 304 g/mol. The van der Waals surface area contributed by atoms with Crippen LogP contribution in [0.3, 0.4) is 0 Å². The van der Waals surface area contributed by atoms with Gasteiger partial charge in [-0.2, -0.15) is 0 Å². The third-order valence-electron chi connectivity index (χ3n) is 6.00. The van der Waals surface area contributed by atoms with Gasteiger partial charge in [-0.1, -0.05) is 12.1 Å². The van der Waals surface area contributed by atoms with Gasteiger partial charge in [-0.25, -0.2) is 8.78 Å². The monoisotopic (exact) mass is 304 g/mol. The topological polar surface area (TPSA) is 0 Å². The molecule has 2 saturated carbocycles. The van der Waals surface area contributed by atoms with Gasteiger partial charge in [-0.3, -0.25) is 0 Å². The van der Waals surface area contributed by atoms with Crippen LogP contribution in [0.15, 0.2) is 30.9 Å².